The largest absolute Gasteiger partial charge is 0.413 e. The summed E-state index contributed by atoms with van der Waals surface area (Å²) in [6.07, 6.45) is 2.42. The lowest BCUT2D eigenvalue weighted by Gasteiger charge is -1.94. The second-order valence-electron chi connectivity index (χ2n) is 1.48. The number of hydrogen-bond donors (Lipinski definition) is 0. The predicted octanol–water partition coefficient (Wildman–Crippen LogP) is 2.98. The minimum atomic E-state index is -0.235. The number of halogens is 2. The van der Waals surface area contributed by atoms with E-state index in [0.717, 1.165) is 5.75 Å². The fourth-order valence-electron chi connectivity index (χ4n) is 0.317. The van der Waals surface area contributed by atoms with Crippen molar-refractivity contribution in [1.82, 2.24) is 0 Å². The van der Waals surface area contributed by atoms with Gasteiger partial charge in [0.25, 0.3) is 0 Å². The highest BCUT2D eigenvalue weighted by Gasteiger charge is 2.03. The molecule has 0 fully saturated rings. The van der Waals surface area contributed by atoms with Crippen molar-refractivity contribution in [3.8, 4) is 0 Å². The first kappa shape index (κ1) is 8.99. The Balaban J connectivity index is 2.72. The Morgan fingerprint density at radius 1 is 1.50 bits per heavy atom. The highest BCUT2D eigenvalue weighted by Crippen LogP contribution is 2.15. The minimum Gasteiger partial charge on any atom is -0.173 e. The van der Waals surface area contributed by atoms with E-state index in [4.69, 9.17) is 22.9 Å². The molecule has 0 nitrogen and oxygen atoms in total. The van der Waals surface area contributed by atoms with E-state index >= 15 is 0 Å². The van der Waals surface area contributed by atoms with E-state index in [1.165, 1.54) is 12.8 Å². The van der Waals surface area contributed by atoms with Crippen LogP contribution in [-0.2, 0) is 0 Å². The molecule has 0 aliphatic carbocycles. The maximum atomic E-state index is 5.44. The summed E-state index contributed by atoms with van der Waals surface area (Å²) >= 11 is 12.5. The van der Waals surface area contributed by atoms with Crippen LogP contribution in [0.1, 0.15) is 19.8 Å². The van der Waals surface area contributed by atoms with Crippen molar-refractivity contribution < 1.29 is 0 Å². The van der Waals surface area contributed by atoms with Crippen LogP contribution >= 0.6 is 34.5 Å². The highest BCUT2D eigenvalue weighted by atomic mass is 35.5. The summed E-state index contributed by atoms with van der Waals surface area (Å²) in [5.41, 5.74) is 0. The van der Waals surface area contributed by atoms with Gasteiger partial charge in [-0.1, -0.05) is 13.3 Å². The quantitative estimate of drug-likeness (QED) is 0.462. The molecule has 4 heteroatoms. The first-order valence-electron chi connectivity index (χ1n) is 2.67. The van der Waals surface area contributed by atoms with E-state index in [-0.39, 0.29) is 4.82 Å². The summed E-state index contributed by atoms with van der Waals surface area (Å²) in [5, 5.41) is 0. The predicted molar refractivity (Wildman–Crippen MR) is 44.8 cm³/mol. The van der Waals surface area contributed by atoms with Gasteiger partial charge in [0.1, 0.15) is 0 Å². The molecule has 0 amide bonds. The molecule has 0 heterocycles. The first-order chi connectivity index (χ1) is 3.77. The second kappa shape index (κ2) is 6.12. The standard InChI is InChI=1S/C4H9BCl2S/c1-2-3-4-8-5(6)7/h2-4H2,1H3. The molecule has 0 atom stereocenters. The summed E-state index contributed by atoms with van der Waals surface area (Å²) in [5.74, 6) is 1.08. The van der Waals surface area contributed by atoms with Gasteiger partial charge in [0.15, 0.2) is 0 Å². The molecule has 48 valence electrons. The monoisotopic (exact) mass is 170 g/mol. The van der Waals surface area contributed by atoms with Crippen LogP contribution in [0.25, 0.3) is 0 Å². The SMILES string of the molecule is CCCCSB(Cl)Cl. The minimum absolute atomic E-state index is 0.235. The van der Waals surface area contributed by atoms with E-state index in [1.54, 1.807) is 11.6 Å². The molecule has 0 N–H and O–H groups in total. The first-order valence-corrected chi connectivity index (χ1v) is 4.59. The van der Waals surface area contributed by atoms with Gasteiger partial charge in [-0.3, -0.25) is 0 Å². The summed E-state index contributed by atoms with van der Waals surface area (Å²) in [6.45, 7) is 2.15. The molecule has 0 saturated carbocycles. The van der Waals surface area contributed by atoms with E-state index in [0.29, 0.717) is 0 Å². The van der Waals surface area contributed by atoms with Crippen molar-refractivity contribution in [3.63, 3.8) is 0 Å². The average molecular weight is 171 g/mol. The Morgan fingerprint density at radius 3 is 2.50 bits per heavy atom. The van der Waals surface area contributed by atoms with Gasteiger partial charge in [-0.15, -0.1) is 0 Å². The summed E-state index contributed by atoms with van der Waals surface area (Å²) in [6, 6.07) is 0. The zero-order chi connectivity index (χ0) is 6.41. The molecule has 0 aromatic rings. The van der Waals surface area contributed by atoms with Crippen LogP contribution in [0.4, 0.5) is 0 Å². The Bertz CT molecular complexity index is 51.3. The molecule has 0 radical (unpaired) electrons. The van der Waals surface area contributed by atoms with Crippen molar-refractivity contribution in [3.05, 3.63) is 0 Å². The van der Waals surface area contributed by atoms with Crippen LogP contribution in [0, 0.1) is 0 Å². The zero-order valence-corrected chi connectivity index (χ0v) is 7.19. The van der Waals surface area contributed by atoms with Crippen LogP contribution < -0.4 is 0 Å². The van der Waals surface area contributed by atoms with Crippen LogP contribution in [0.3, 0.4) is 0 Å². The molecule has 0 bridgehead atoms. The highest BCUT2D eigenvalue weighted by molar-refractivity contribution is 8.34. The van der Waals surface area contributed by atoms with Crippen molar-refractivity contribution in [1.29, 1.82) is 0 Å². The lowest BCUT2D eigenvalue weighted by atomic mass is 10.4. The van der Waals surface area contributed by atoms with Gasteiger partial charge in [-0.25, -0.2) is 0 Å². The molecule has 0 aliphatic rings. The number of hydrogen-bond acceptors (Lipinski definition) is 1. The second-order valence-corrected chi connectivity index (χ2v) is 4.31. The van der Waals surface area contributed by atoms with Gasteiger partial charge in [0, 0.05) is 0 Å². The fraction of sp³-hybridized carbons (Fsp3) is 1.00. The summed E-state index contributed by atoms with van der Waals surface area (Å²) in [7, 11) is 0. The van der Waals surface area contributed by atoms with Crippen LogP contribution in [0.5, 0.6) is 0 Å². The average Bonchev–Trinajstić information content (AvgIpc) is 1.66. The summed E-state index contributed by atoms with van der Waals surface area (Å²) in [4.78, 5) is -0.235. The molecule has 0 rings (SSSR count). The smallest absolute Gasteiger partial charge is 0.173 e. The molecule has 0 saturated heterocycles. The molecule has 0 aromatic heterocycles. The molecule has 0 aliphatic heterocycles. The Labute approximate surface area is 65.1 Å². The van der Waals surface area contributed by atoms with Crippen LogP contribution in [-0.4, -0.2) is 10.6 Å². The third-order valence-electron chi connectivity index (χ3n) is 0.742. The van der Waals surface area contributed by atoms with Crippen molar-refractivity contribution in [2.75, 3.05) is 5.75 Å². The Morgan fingerprint density at radius 2 is 2.12 bits per heavy atom. The fourth-order valence-corrected chi connectivity index (χ4v) is 1.48. The summed E-state index contributed by atoms with van der Waals surface area (Å²) < 4.78 is 0. The topological polar surface area (TPSA) is 0 Å². The van der Waals surface area contributed by atoms with Crippen LogP contribution in [0.2, 0.25) is 0 Å². The van der Waals surface area contributed by atoms with Gasteiger partial charge in [-0.05, 0) is 12.2 Å². The lowest BCUT2D eigenvalue weighted by Crippen LogP contribution is -1.86. The van der Waals surface area contributed by atoms with Gasteiger partial charge < -0.3 is 0 Å². The van der Waals surface area contributed by atoms with E-state index in [9.17, 15) is 0 Å². The maximum absolute atomic E-state index is 5.44. The van der Waals surface area contributed by atoms with Gasteiger partial charge in [0.2, 0.25) is 0 Å². The lowest BCUT2D eigenvalue weighted by molar-refractivity contribution is 0.898. The normalized spacial score (nSPS) is 9.38. The molecule has 0 unspecified atom stereocenters. The molecular formula is C4H9BCl2S. The van der Waals surface area contributed by atoms with Crippen molar-refractivity contribution in [2.45, 2.75) is 19.8 Å². The van der Waals surface area contributed by atoms with Gasteiger partial charge in [0.05, 0.1) is 0 Å². The third-order valence-corrected chi connectivity index (χ3v) is 2.27. The van der Waals surface area contributed by atoms with Crippen LogP contribution in [0.15, 0.2) is 0 Å². The maximum Gasteiger partial charge on any atom is 0.413 e. The third kappa shape index (κ3) is 6.99. The van der Waals surface area contributed by atoms with Crippen molar-refractivity contribution >= 4 is 39.4 Å². The van der Waals surface area contributed by atoms with Gasteiger partial charge >= 0.3 is 4.82 Å². The van der Waals surface area contributed by atoms with E-state index in [2.05, 4.69) is 6.92 Å². The molecule has 8 heavy (non-hydrogen) atoms. The number of unbranched alkanes of at least 4 members (excludes halogenated alkanes) is 1. The van der Waals surface area contributed by atoms with E-state index < -0.39 is 0 Å². The molecule has 0 spiro atoms. The van der Waals surface area contributed by atoms with Crippen molar-refractivity contribution in [2.24, 2.45) is 0 Å². The zero-order valence-electron chi connectivity index (χ0n) is 4.86. The molecular weight excluding hydrogens is 162 g/mol. The molecule has 0 aromatic carbocycles. The Kier molecular flexibility index (Phi) is 6.88. The van der Waals surface area contributed by atoms with E-state index in [1.807, 2.05) is 0 Å². The Hall–Kier alpha value is 0.995. The number of rotatable bonds is 4. The van der Waals surface area contributed by atoms with Gasteiger partial charge in [-0.2, -0.15) is 34.5 Å².